The van der Waals surface area contributed by atoms with E-state index in [1.54, 1.807) is 41.3 Å². The van der Waals surface area contributed by atoms with Gasteiger partial charge in [-0.2, -0.15) is 0 Å². The summed E-state index contributed by atoms with van der Waals surface area (Å²) in [5, 5.41) is 5.25. The molecule has 8 nitrogen and oxygen atoms in total. The molecule has 0 aliphatic carbocycles. The summed E-state index contributed by atoms with van der Waals surface area (Å²) >= 11 is 24.7. The summed E-state index contributed by atoms with van der Waals surface area (Å²) in [5.41, 5.74) is 19.9. The second-order valence-electron chi connectivity index (χ2n) is 10.3. The Hall–Kier alpha value is -1.62. The van der Waals surface area contributed by atoms with E-state index in [9.17, 15) is 9.59 Å². The number of hydrogen-bond donors (Lipinski definition) is 4. The topological polar surface area (TPSA) is 131 Å². The van der Waals surface area contributed by atoms with E-state index in [0.717, 1.165) is 24.1 Å². The van der Waals surface area contributed by atoms with Gasteiger partial charge in [-0.25, -0.2) is 0 Å². The molecule has 2 amide bonds. The standard InChI is InChI=1S/C28H38Cl4N6O2/c1-17-15-38(28(40)26(35)12-19-5-7-21(30)14-24(19)32)22(3-2-9-36-10-8-33)16-37(17)27(39)25(34)11-18-4-6-20(29)13-23(18)31/h4-7,13-14,17,22,25-26,36H,2-3,8-12,15-16,33-35H2,1H3/t17-,22+,25?,26?/m1/s1. The molecule has 3 rings (SSSR count). The number of nitrogens with two attached hydrogens (primary N) is 3. The van der Waals surface area contributed by atoms with Crippen LogP contribution in [-0.2, 0) is 22.4 Å². The molecule has 0 radical (unpaired) electrons. The summed E-state index contributed by atoms with van der Waals surface area (Å²) in [6, 6.07) is 8.25. The van der Waals surface area contributed by atoms with Crippen LogP contribution in [0.15, 0.2) is 36.4 Å². The Bertz CT molecular complexity index is 1170. The lowest BCUT2D eigenvalue weighted by atomic mass is 9.97. The van der Waals surface area contributed by atoms with Gasteiger partial charge in [-0.15, -0.1) is 0 Å². The summed E-state index contributed by atoms with van der Waals surface area (Å²) in [6.45, 7) is 4.64. The van der Waals surface area contributed by atoms with Gasteiger partial charge in [0.05, 0.1) is 12.1 Å². The van der Waals surface area contributed by atoms with Gasteiger partial charge < -0.3 is 32.3 Å². The Morgan fingerprint density at radius 2 is 1.40 bits per heavy atom. The third-order valence-electron chi connectivity index (χ3n) is 7.16. The summed E-state index contributed by atoms with van der Waals surface area (Å²) in [7, 11) is 0. The molecule has 1 heterocycles. The van der Waals surface area contributed by atoms with Gasteiger partial charge in [-0.1, -0.05) is 58.5 Å². The third kappa shape index (κ3) is 8.94. The fourth-order valence-electron chi connectivity index (χ4n) is 5.00. The number of carbonyl (C=O) groups excluding carboxylic acids is 2. The minimum atomic E-state index is -0.791. The van der Waals surface area contributed by atoms with Crippen LogP contribution in [0.4, 0.5) is 0 Å². The number of benzene rings is 2. The van der Waals surface area contributed by atoms with Crippen molar-refractivity contribution in [2.45, 2.75) is 56.8 Å². The molecule has 4 atom stereocenters. The van der Waals surface area contributed by atoms with Gasteiger partial charge in [0.25, 0.3) is 0 Å². The van der Waals surface area contributed by atoms with Crippen LogP contribution in [0.25, 0.3) is 0 Å². The van der Waals surface area contributed by atoms with Crippen molar-refractivity contribution < 1.29 is 9.59 Å². The first kappa shape index (κ1) is 32.9. The molecule has 220 valence electrons. The predicted molar refractivity (Wildman–Crippen MR) is 164 cm³/mol. The maximum Gasteiger partial charge on any atom is 0.240 e. The summed E-state index contributed by atoms with van der Waals surface area (Å²) in [4.78, 5) is 30.7. The van der Waals surface area contributed by atoms with Crippen LogP contribution in [-0.4, -0.2) is 78.5 Å². The van der Waals surface area contributed by atoms with E-state index >= 15 is 0 Å². The fraction of sp³-hybridized carbons (Fsp3) is 0.500. The summed E-state index contributed by atoms with van der Waals surface area (Å²) < 4.78 is 0. The molecular weight excluding hydrogens is 594 g/mol. The quantitative estimate of drug-likeness (QED) is 0.265. The largest absolute Gasteiger partial charge is 0.335 e. The van der Waals surface area contributed by atoms with E-state index in [1.807, 2.05) is 11.8 Å². The zero-order chi connectivity index (χ0) is 29.4. The normalized spacial score (nSPS) is 19.0. The van der Waals surface area contributed by atoms with Crippen LogP contribution in [0.1, 0.15) is 30.9 Å². The van der Waals surface area contributed by atoms with E-state index in [-0.39, 0.29) is 36.7 Å². The van der Waals surface area contributed by atoms with Crippen LogP contribution in [0, 0.1) is 0 Å². The van der Waals surface area contributed by atoms with E-state index in [4.69, 9.17) is 63.6 Å². The Morgan fingerprint density at radius 3 is 1.90 bits per heavy atom. The SMILES string of the molecule is C[C@@H]1CN(C(=O)C(N)Cc2ccc(Cl)cc2Cl)[C@@H](CCCNCCN)CN1C(=O)C(N)Cc1ccc(Cl)cc1Cl. The minimum absolute atomic E-state index is 0.179. The smallest absolute Gasteiger partial charge is 0.240 e. The van der Waals surface area contributed by atoms with Gasteiger partial charge >= 0.3 is 0 Å². The van der Waals surface area contributed by atoms with Crippen molar-refractivity contribution >= 4 is 58.2 Å². The van der Waals surface area contributed by atoms with E-state index in [0.29, 0.717) is 52.7 Å². The first-order valence-corrected chi connectivity index (χ1v) is 14.9. The molecule has 0 bridgehead atoms. The number of piperazine rings is 1. The van der Waals surface area contributed by atoms with Crippen molar-refractivity contribution in [1.29, 1.82) is 0 Å². The van der Waals surface area contributed by atoms with E-state index in [2.05, 4.69) is 5.32 Å². The number of hydrogen-bond acceptors (Lipinski definition) is 6. The number of nitrogens with zero attached hydrogens (tertiary/aromatic N) is 2. The molecule has 1 saturated heterocycles. The molecule has 0 saturated carbocycles. The predicted octanol–water partition coefficient (Wildman–Crippen LogP) is 3.50. The van der Waals surface area contributed by atoms with Crippen molar-refractivity contribution in [3.63, 3.8) is 0 Å². The average Bonchev–Trinajstić information content (AvgIpc) is 2.91. The molecule has 0 spiro atoms. The van der Waals surface area contributed by atoms with Crippen molar-refractivity contribution in [3.8, 4) is 0 Å². The van der Waals surface area contributed by atoms with Gasteiger partial charge in [-0.05, 0) is 74.5 Å². The monoisotopic (exact) mass is 630 g/mol. The zero-order valence-corrected chi connectivity index (χ0v) is 25.6. The van der Waals surface area contributed by atoms with Gasteiger partial charge in [0.2, 0.25) is 11.8 Å². The molecule has 0 aromatic heterocycles. The molecule has 1 aliphatic rings. The Labute approximate surface area is 256 Å². The van der Waals surface area contributed by atoms with Crippen LogP contribution >= 0.6 is 46.4 Å². The Morgan fingerprint density at radius 1 is 0.875 bits per heavy atom. The van der Waals surface area contributed by atoms with Gasteiger partial charge in [0, 0.05) is 58.4 Å². The van der Waals surface area contributed by atoms with Crippen LogP contribution in [0.5, 0.6) is 0 Å². The maximum atomic E-state index is 13.6. The molecule has 7 N–H and O–H groups in total. The number of amides is 2. The average molecular weight is 632 g/mol. The molecule has 2 unspecified atom stereocenters. The highest BCUT2D eigenvalue weighted by molar-refractivity contribution is 6.35. The van der Waals surface area contributed by atoms with Crippen molar-refractivity contribution in [2.24, 2.45) is 17.2 Å². The first-order valence-electron chi connectivity index (χ1n) is 13.4. The number of halogens is 4. The Balaban J connectivity index is 1.73. The van der Waals surface area contributed by atoms with Crippen LogP contribution < -0.4 is 22.5 Å². The maximum absolute atomic E-state index is 13.6. The molecule has 12 heteroatoms. The number of rotatable bonds is 12. The lowest BCUT2D eigenvalue weighted by Crippen LogP contribution is -2.64. The summed E-state index contributed by atoms with van der Waals surface area (Å²) in [6.07, 6.45) is 2.04. The minimum Gasteiger partial charge on any atom is -0.335 e. The highest BCUT2D eigenvalue weighted by atomic mass is 35.5. The van der Waals surface area contributed by atoms with E-state index < -0.39 is 12.1 Å². The highest BCUT2D eigenvalue weighted by Gasteiger charge is 2.39. The Kier molecular flexibility index (Phi) is 12.8. The number of nitrogens with one attached hydrogen (secondary N) is 1. The molecule has 2 aromatic carbocycles. The first-order chi connectivity index (χ1) is 19.0. The van der Waals surface area contributed by atoms with Crippen LogP contribution in [0.2, 0.25) is 20.1 Å². The lowest BCUT2D eigenvalue weighted by molar-refractivity contribution is -0.148. The molecule has 1 aliphatic heterocycles. The number of carbonyl (C=O) groups is 2. The summed E-state index contributed by atoms with van der Waals surface area (Å²) in [5.74, 6) is -0.365. The lowest BCUT2D eigenvalue weighted by Gasteiger charge is -2.47. The van der Waals surface area contributed by atoms with Crippen molar-refractivity contribution in [3.05, 3.63) is 67.6 Å². The highest BCUT2D eigenvalue weighted by Crippen LogP contribution is 2.26. The van der Waals surface area contributed by atoms with Gasteiger partial charge in [0.1, 0.15) is 0 Å². The van der Waals surface area contributed by atoms with Crippen molar-refractivity contribution in [1.82, 2.24) is 15.1 Å². The van der Waals surface area contributed by atoms with E-state index in [1.165, 1.54) is 0 Å². The molecule has 2 aromatic rings. The second-order valence-corrected chi connectivity index (χ2v) is 11.9. The zero-order valence-electron chi connectivity index (χ0n) is 22.6. The second kappa shape index (κ2) is 15.6. The van der Waals surface area contributed by atoms with Crippen LogP contribution in [0.3, 0.4) is 0 Å². The van der Waals surface area contributed by atoms with Crippen molar-refractivity contribution in [2.75, 3.05) is 32.7 Å². The molecule has 1 fully saturated rings. The van der Waals surface area contributed by atoms with Gasteiger partial charge in [-0.3, -0.25) is 9.59 Å². The fourth-order valence-corrected chi connectivity index (χ4v) is 5.97. The van der Waals surface area contributed by atoms with Gasteiger partial charge in [0.15, 0.2) is 0 Å². The molecular formula is C28H38Cl4N6O2. The third-order valence-corrected chi connectivity index (χ3v) is 8.34. The molecule has 40 heavy (non-hydrogen) atoms.